The lowest BCUT2D eigenvalue weighted by Gasteiger charge is -2.22. The number of fused-ring (bicyclic) bond motifs is 1. The van der Waals surface area contributed by atoms with E-state index in [9.17, 15) is 13.2 Å². The van der Waals surface area contributed by atoms with Crippen LogP contribution in [0.3, 0.4) is 0 Å². The maximum Gasteiger partial charge on any atom is 0.240 e. The second-order valence-electron chi connectivity index (χ2n) is 5.81. The fraction of sp³-hybridized carbons (Fsp3) is 0.375. The summed E-state index contributed by atoms with van der Waals surface area (Å²) in [6, 6.07) is 4.76. The highest BCUT2D eigenvalue weighted by molar-refractivity contribution is 7.92. The molecule has 0 saturated carbocycles. The van der Waals surface area contributed by atoms with Crippen LogP contribution in [0, 0.1) is 0 Å². The minimum Gasteiger partial charge on any atom is -0.454 e. The molecule has 0 unspecified atom stereocenters. The summed E-state index contributed by atoms with van der Waals surface area (Å²) in [7, 11) is -3.63. The predicted octanol–water partition coefficient (Wildman–Crippen LogP) is 0.584. The molecule has 1 aliphatic heterocycles. The first-order valence-corrected chi connectivity index (χ1v) is 9.88. The van der Waals surface area contributed by atoms with E-state index in [4.69, 9.17) is 9.47 Å². The number of nitrogens with one attached hydrogen (secondary N) is 1. The number of ether oxygens (including phenoxy) is 2. The van der Waals surface area contributed by atoms with Crippen LogP contribution in [0.1, 0.15) is 6.42 Å². The van der Waals surface area contributed by atoms with Crippen LogP contribution in [0.5, 0.6) is 11.5 Å². The van der Waals surface area contributed by atoms with Gasteiger partial charge in [0.1, 0.15) is 6.54 Å². The molecule has 140 valence electrons. The first-order chi connectivity index (χ1) is 12.4. The van der Waals surface area contributed by atoms with Gasteiger partial charge in [0.05, 0.1) is 18.3 Å². The molecule has 3 rings (SSSR count). The average Bonchev–Trinajstić information content (AvgIpc) is 3.26. The van der Waals surface area contributed by atoms with Crippen molar-refractivity contribution in [2.75, 3.05) is 30.4 Å². The number of benzene rings is 1. The van der Waals surface area contributed by atoms with Crippen molar-refractivity contribution >= 4 is 21.6 Å². The molecule has 0 spiro atoms. The number of carbonyl (C=O) groups excluding carboxylic acids is 1. The number of carbonyl (C=O) groups is 1. The van der Waals surface area contributed by atoms with Gasteiger partial charge >= 0.3 is 0 Å². The van der Waals surface area contributed by atoms with Crippen molar-refractivity contribution < 1.29 is 22.7 Å². The lowest BCUT2D eigenvalue weighted by atomic mass is 10.3. The molecule has 1 amide bonds. The molecule has 1 aromatic carbocycles. The minimum absolute atomic E-state index is 0.0923. The molecule has 0 atom stereocenters. The molecule has 9 nitrogen and oxygen atoms in total. The first-order valence-electron chi connectivity index (χ1n) is 8.03. The van der Waals surface area contributed by atoms with Gasteiger partial charge in [0.2, 0.25) is 22.7 Å². The topological polar surface area (TPSA) is 103 Å². The van der Waals surface area contributed by atoms with Gasteiger partial charge < -0.3 is 19.4 Å². The van der Waals surface area contributed by atoms with Crippen LogP contribution in [0.25, 0.3) is 0 Å². The van der Waals surface area contributed by atoms with Crippen molar-refractivity contribution in [3.05, 3.63) is 36.9 Å². The number of hydrogen-bond acceptors (Lipinski definition) is 6. The van der Waals surface area contributed by atoms with Crippen molar-refractivity contribution in [2.45, 2.75) is 13.0 Å². The zero-order valence-electron chi connectivity index (χ0n) is 14.3. The molecule has 1 aliphatic rings. The fourth-order valence-corrected chi connectivity index (χ4v) is 3.38. The molecule has 10 heteroatoms. The molecule has 0 fully saturated rings. The van der Waals surface area contributed by atoms with Crippen LogP contribution in [-0.2, 0) is 21.4 Å². The summed E-state index contributed by atoms with van der Waals surface area (Å²) in [6.07, 6.45) is 7.00. The Morgan fingerprint density at radius 3 is 2.88 bits per heavy atom. The van der Waals surface area contributed by atoms with Crippen molar-refractivity contribution in [3.63, 3.8) is 0 Å². The van der Waals surface area contributed by atoms with E-state index in [-0.39, 0.29) is 19.2 Å². The number of anilines is 1. The second-order valence-corrected chi connectivity index (χ2v) is 7.72. The molecule has 0 aliphatic carbocycles. The van der Waals surface area contributed by atoms with Crippen molar-refractivity contribution in [1.82, 2.24) is 14.9 Å². The molecule has 0 radical (unpaired) electrons. The molecule has 0 bridgehead atoms. The smallest absolute Gasteiger partial charge is 0.240 e. The van der Waals surface area contributed by atoms with Gasteiger partial charge in [0.25, 0.3) is 0 Å². The summed E-state index contributed by atoms with van der Waals surface area (Å²) in [4.78, 5) is 16.1. The van der Waals surface area contributed by atoms with E-state index >= 15 is 0 Å². The van der Waals surface area contributed by atoms with E-state index in [1.54, 1.807) is 30.7 Å². The highest BCUT2D eigenvalue weighted by Crippen LogP contribution is 2.35. The standard InChI is InChI=1S/C16H20N4O5S/c1-26(22,23)20(13-3-4-14-15(9-13)25-12-24-14)10-16(21)18-5-2-7-19-8-6-17-11-19/h3-4,6,8-9,11H,2,5,7,10,12H2,1H3,(H,18,21). The summed E-state index contributed by atoms with van der Waals surface area (Å²) in [5, 5.41) is 2.74. The van der Waals surface area contributed by atoms with Gasteiger partial charge in [-0.05, 0) is 18.6 Å². The van der Waals surface area contributed by atoms with Crippen LogP contribution >= 0.6 is 0 Å². The van der Waals surface area contributed by atoms with Crippen LogP contribution in [0.4, 0.5) is 5.69 Å². The Balaban J connectivity index is 1.59. The monoisotopic (exact) mass is 380 g/mol. The Labute approximate surface area is 151 Å². The number of aromatic nitrogens is 2. The number of nitrogens with zero attached hydrogens (tertiary/aromatic N) is 3. The molecule has 2 aromatic rings. The van der Waals surface area contributed by atoms with E-state index in [0.717, 1.165) is 17.1 Å². The Hall–Kier alpha value is -2.75. The maximum atomic E-state index is 12.2. The number of imidazole rings is 1. The zero-order valence-corrected chi connectivity index (χ0v) is 15.1. The number of hydrogen-bond donors (Lipinski definition) is 1. The molecule has 26 heavy (non-hydrogen) atoms. The Kier molecular flexibility index (Phi) is 5.31. The number of amides is 1. The van der Waals surface area contributed by atoms with E-state index in [2.05, 4.69) is 10.3 Å². The van der Waals surface area contributed by atoms with Gasteiger partial charge in [-0.25, -0.2) is 13.4 Å². The predicted molar refractivity (Wildman–Crippen MR) is 94.6 cm³/mol. The van der Waals surface area contributed by atoms with Crippen molar-refractivity contribution in [2.24, 2.45) is 0 Å². The van der Waals surface area contributed by atoms with Crippen LogP contribution in [-0.4, -0.2) is 50.0 Å². The highest BCUT2D eigenvalue weighted by atomic mass is 32.2. The molecule has 2 heterocycles. The quantitative estimate of drug-likeness (QED) is 0.672. The van der Waals surface area contributed by atoms with Gasteiger partial charge in [-0.15, -0.1) is 0 Å². The van der Waals surface area contributed by atoms with Gasteiger partial charge in [-0.1, -0.05) is 0 Å². The average molecular weight is 380 g/mol. The third-order valence-electron chi connectivity index (χ3n) is 3.81. The molecular formula is C16H20N4O5S. The maximum absolute atomic E-state index is 12.2. The SMILES string of the molecule is CS(=O)(=O)N(CC(=O)NCCCn1ccnc1)c1ccc2c(c1)OCO2. The van der Waals surface area contributed by atoms with Gasteiger partial charge in [-0.2, -0.15) is 0 Å². The second kappa shape index (κ2) is 7.65. The van der Waals surface area contributed by atoms with Gasteiger partial charge in [-0.3, -0.25) is 9.10 Å². The summed E-state index contributed by atoms with van der Waals surface area (Å²) in [5.74, 6) is 0.627. The summed E-state index contributed by atoms with van der Waals surface area (Å²) in [5.41, 5.74) is 0.352. The van der Waals surface area contributed by atoms with Crippen molar-refractivity contribution in [3.8, 4) is 11.5 Å². The third kappa shape index (κ3) is 4.45. The molecule has 0 saturated heterocycles. The van der Waals surface area contributed by atoms with Crippen LogP contribution in [0.2, 0.25) is 0 Å². The lowest BCUT2D eigenvalue weighted by molar-refractivity contribution is -0.119. The highest BCUT2D eigenvalue weighted by Gasteiger charge is 2.23. The first kappa shape index (κ1) is 18.1. The Morgan fingerprint density at radius 1 is 1.35 bits per heavy atom. The summed E-state index contributed by atoms with van der Waals surface area (Å²) < 4.78 is 37.7. The molecule has 1 aromatic heterocycles. The number of sulfonamides is 1. The number of rotatable bonds is 8. The van der Waals surface area contributed by atoms with Crippen LogP contribution < -0.4 is 19.1 Å². The van der Waals surface area contributed by atoms with Gasteiger partial charge in [0.15, 0.2) is 11.5 Å². The van der Waals surface area contributed by atoms with E-state index < -0.39 is 10.0 Å². The molecule has 1 N–H and O–H groups in total. The van der Waals surface area contributed by atoms with E-state index in [1.165, 1.54) is 0 Å². The zero-order chi connectivity index (χ0) is 18.6. The van der Waals surface area contributed by atoms with E-state index in [1.807, 2.05) is 10.8 Å². The Bertz CT molecular complexity index is 867. The number of aryl methyl sites for hydroxylation is 1. The summed E-state index contributed by atoms with van der Waals surface area (Å²) >= 11 is 0. The van der Waals surface area contributed by atoms with Crippen molar-refractivity contribution in [1.29, 1.82) is 0 Å². The van der Waals surface area contributed by atoms with Crippen LogP contribution in [0.15, 0.2) is 36.9 Å². The lowest BCUT2D eigenvalue weighted by Crippen LogP contribution is -2.40. The normalized spacial score (nSPS) is 12.8. The van der Waals surface area contributed by atoms with E-state index in [0.29, 0.717) is 30.2 Å². The largest absolute Gasteiger partial charge is 0.454 e. The third-order valence-corrected chi connectivity index (χ3v) is 4.95. The molecular weight excluding hydrogens is 360 g/mol. The van der Waals surface area contributed by atoms with Gasteiger partial charge in [0, 0.05) is 31.5 Å². The Morgan fingerprint density at radius 2 is 2.15 bits per heavy atom. The fourth-order valence-electron chi connectivity index (χ4n) is 2.54. The summed E-state index contributed by atoms with van der Waals surface area (Å²) in [6.45, 7) is 0.951. The minimum atomic E-state index is -3.63.